The first-order valence-corrected chi connectivity index (χ1v) is 9.82. The highest BCUT2D eigenvalue weighted by molar-refractivity contribution is 7.89. The van der Waals surface area contributed by atoms with Crippen molar-refractivity contribution in [2.24, 2.45) is 5.92 Å². The minimum atomic E-state index is -3.71. The summed E-state index contributed by atoms with van der Waals surface area (Å²) in [5.74, 6) is -0.707. The van der Waals surface area contributed by atoms with Gasteiger partial charge < -0.3 is 9.64 Å². The van der Waals surface area contributed by atoms with Crippen LogP contribution < -0.4 is 4.72 Å². The number of aryl methyl sites for hydroxylation is 1. The topological polar surface area (TPSA) is 92.8 Å². The molecule has 0 atom stereocenters. The van der Waals surface area contributed by atoms with E-state index in [-0.39, 0.29) is 29.2 Å². The quantitative estimate of drug-likeness (QED) is 0.759. The van der Waals surface area contributed by atoms with E-state index in [9.17, 15) is 18.0 Å². The molecule has 0 aliphatic carbocycles. The van der Waals surface area contributed by atoms with Gasteiger partial charge in [0.15, 0.2) is 0 Å². The number of carbonyl (C=O) groups is 2. The van der Waals surface area contributed by atoms with Gasteiger partial charge in [0, 0.05) is 13.1 Å². The Morgan fingerprint density at radius 3 is 2.36 bits per heavy atom. The number of nitrogens with one attached hydrogen (secondary N) is 1. The SMILES string of the molecule is CCOC(=O)C1CCN(C(=O)CNS(=O)(=O)c2ccc(C)cc2)CC1. The second-order valence-corrected chi connectivity index (χ2v) is 7.81. The third-order valence-electron chi connectivity index (χ3n) is 4.21. The molecule has 7 nitrogen and oxygen atoms in total. The molecule has 0 saturated carbocycles. The van der Waals surface area contributed by atoms with Crippen LogP contribution in [0.5, 0.6) is 0 Å². The van der Waals surface area contributed by atoms with E-state index < -0.39 is 10.0 Å². The third-order valence-corrected chi connectivity index (χ3v) is 5.63. The van der Waals surface area contributed by atoms with Crippen LogP contribution in [-0.4, -0.2) is 51.4 Å². The highest BCUT2D eigenvalue weighted by Gasteiger charge is 2.28. The molecule has 0 aromatic heterocycles. The second kappa shape index (κ2) is 8.44. The molecule has 1 aliphatic heterocycles. The monoisotopic (exact) mass is 368 g/mol. The van der Waals surface area contributed by atoms with Crippen molar-refractivity contribution in [1.82, 2.24) is 9.62 Å². The lowest BCUT2D eigenvalue weighted by Gasteiger charge is -2.30. The number of nitrogens with zero attached hydrogens (tertiary/aromatic N) is 1. The van der Waals surface area contributed by atoms with Gasteiger partial charge in [-0.1, -0.05) is 17.7 Å². The zero-order valence-electron chi connectivity index (χ0n) is 14.5. The normalized spacial score (nSPS) is 15.8. The van der Waals surface area contributed by atoms with Crippen LogP contribution in [0.1, 0.15) is 25.3 Å². The predicted molar refractivity (Wildman–Crippen MR) is 92.3 cm³/mol. The first-order chi connectivity index (χ1) is 11.8. The Bertz CT molecular complexity index is 707. The van der Waals surface area contributed by atoms with Gasteiger partial charge in [0.05, 0.1) is 24.0 Å². The van der Waals surface area contributed by atoms with Crippen molar-refractivity contribution in [1.29, 1.82) is 0 Å². The molecule has 0 bridgehead atoms. The molecule has 0 spiro atoms. The summed E-state index contributed by atoms with van der Waals surface area (Å²) < 4.78 is 31.7. The number of amides is 1. The molecule has 1 aromatic carbocycles. The van der Waals surface area contributed by atoms with Crippen molar-refractivity contribution in [3.8, 4) is 0 Å². The number of ether oxygens (including phenoxy) is 1. The lowest BCUT2D eigenvalue weighted by molar-refractivity contribution is -0.151. The summed E-state index contributed by atoms with van der Waals surface area (Å²) >= 11 is 0. The average molecular weight is 368 g/mol. The fourth-order valence-corrected chi connectivity index (χ4v) is 3.67. The zero-order valence-corrected chi connectivity index (χ0v) is 15.3. The summed E-state index contributed by atoms with van der Waals surface area (Å²) in [6, 6.07) is 6.42. The maximum absolute atomic E-state index is 12.2. The maximum Gasteiger partial charge on any atom is 0.309 e. The van der Waals surface area contributed by atoms with Crippen LogP contribution in [0.3, 0.4) is 0 Å². The third kappa shape index (κ3) is 5.27. The van der Waals surface area contributed by atoms with E-state index in [2.05, 4.69) is 4.72 Å². The Hall–Kier alpha value is -1.93. The van der Waals surface area contributed by atoms with Crippen LogP contribution in [-0.2, 0) is 24.3 Å². The molecule has 1 fully saturated rings. The molecule has 0 unspecified atom stereocenters. The van der Waals surface area contributed by atoms with E-state index in [1.165, 1.54) is 12.1 Å². The molecule has 1 aliphatic rings. The van der Waals surface area contributed by atoms with Crippen LogP contribution in [0, 0.1) is 12.8 Å². The molecule has 1 aromatic rings. The number of sulfonamides is 1. The molecule has 138 valence electrons. The fraction of sp³-hybridized carbons (Fsp3) is 0.529. The highest BCUT2D eigenvalue weighted by atomic mass is 32.2. The lowest BCUT2D eigenvalue weighted by atomic mass is 9.97. The van der Waals surface area contributed by atoms with Crippen LogP contribution >= 0.6 is 0 Å². The summed E-state index contributed by atoms with van der Waals surface area (Å²) in [7, 11) is -3.71. The van der Waals surface area contributed by atoms with Gasteiger partial charge in [0.2, 0.25) is 15.9 Å². The minimum absolute atomic E-state index is 0.131. The number of piperidine rings is 1. The first-order valence-electron chi connectivity index (χ1n) is 8.34. The Labute approximate surface area is 148 Å². The van der Waals surface area contributed by atoms with E-state index in [1.807, 2.05) is 6.92 Å². The Balaban J connectivity index is 1.85. The van der Waals surface area contributed by atoms with Crippen LogP contribution in [0.15, 0.2) is 29.2 Å². The summed E-state index contributed by atoms with van der Waals surface area (Å²) in [4.78, 5) is 25.6. The number of likely N-dealkylation sites (tertiary alicyclic amines) is 1. The van der Waals surface area contributed by atoms with E-state index in [0.717, 1.165) is 5.56 Å². The predicted octanol–water partition coefficient (Wildman–Crippen LogP) is 1.08. The Morgan fingerprint density at radius 1 is 1.20 bits per heavy atom. The lowest BCUT2D eigenvalue weighted by Crippen LogP contribution is -2.45. The number of hydrogen-bond donors (Lipinski definition) is 1. The molecular weight excluding hydrogens is 344 g/mol. The van der Waals surface area contributed by atoms with Gasteiger partial charge in [-0.15, -0.1) is 0 Å². The molecule has 1 N–H and O–H groups in total. The number of hydrogen-bond acceptors (Lipinski definition) is 5. The van der Waals surface area contributed by atoms with Gasteiger partial charge in [-0.25, -0.2) is 13.1 Å². The minimum Gasteiger partial charge on any atom is -0.466 e. The fourth-order valence-electron chi connectivity index (χ4n) is 2.69. The van der Waals surface area contributed by atoms with Crippen molar-refractivity contribution >= 4 is 21.9 Å². The van der Waals surface area contributed by atoms with Gasteiger partial charge in [0.25, 0.3) is 0 Å². The molecule has 2 rings (SSSR count). The smallest absolute Gasteiger partial charge is 0.309 e. The average Bonchev–Trinajstić information content (AvgIpc) is 2.60. The van der Waals surface area contributed by atoms with Crippen LogP contribution in [0.25, 0.3) is 0 Å². The number of esters is 1. The summed E-state index contributed by atoms with van der Waals surface area (Å²) in [5.41, 5.74) is 0.958. The van der Waals surface area contributed by atoms with Gasteiger partial charge in [0.1, 0.15) is 0 Å². The van der Waals surface area contributed by atoms with E-state index in [1.54, 1.807) is 24.0 Å². The zero-order chi connectivity index (χ0) is 18.4. The van der Waals surface area contributed by atoms with Crippen molar-refractivity contribution in [2.45, 2.75) is 31.6 Å². The van der Waals surface area contributed by atoms with Gasteiger partial charge >= 0.3 is 5.97 Å². The molecular formula is C17H24N2O5S. The summed E-state index contributed by atoms with van der Waals surface area (Å²) in [5, 5.41) is 0. The number of rotatable bonds is 6. The molecule has 1 amide bonds. The first kappa shape index (κ1) is 19.4. The summed E-state index contributed by atoms with van der Waals surface area (Å²) in [6.45, 7) is 4.53. The summed E-state index contributed by atoms with van der Waals surface area (Å²) in [6.07, 6.45) is 1.07. The Morgan fingerprint density at radius 2 is 1.80 bits per heavy atom. The standard InChI is InChI=1S/C17H24N2O5S/c1-3-24-17(21)14-8-10-19(11-9-14)16(20)12-18-25(22,23)15-6-4-13(2)5-7-15/h4-7,14,18H,3,8-12H2,1-2H3. The molecule has 1 heterocycles. The highest BCUT2D eigenvalue weighted by Crippen LogP contribution is 2.18. The van der Waals surface area contributed by atoms with Crippen molar-refractivity contribution < 1.29 is 22.7 Å². The van der Waals surface area contributed by atoms with E-state index in [4.69, 9.17) is 4.74 Å². The van der Waals surface area contributed by atoms with Crippen molar-refractivity contribution in [2.75, 3.05) is 26.2 Å². The van der Waals surface area contributed by atoms with E-state index >= 15 is 0 Å². The van der Waals surface area contributed by atoms with Gasteiger partial charge in [-0.3, -0.25) is 9.59 Å². The molecule has 1 saturated heterocycles. The van der Waals surface area contributed by atoms with Gasteiger partial charge in [-0.05, 0) is 38.8 Å². The number of benzene rings is 1. The van der Waals surface area contributed by atoms with E-state index in [0.29, 0.717) is 32.5 Å². The largest absolute Gasteiger partial charge is 0.466 e. The number of carbonyl (C=O) groups excluding carboxylic acids is 2. The molecule has 8 heteroatoms. The van der Waals surface area contributed by atoms with Gasteiger partial charge in [-0.2, -0.15) is 0 Å². The molecule has 0 radical (unpaired) electrons. The van der Waals surface area contributed by atoms with Crippen LogP contribution in [0.4, 0.5) is 0 Å². The molecule has 25 heavy (non-hydrogen) atoms. The maximum atomic E-state index is 12.2. The van der Waals surface area contributed by atoms with Crippen LogP contribution in [0.2, 0.25) is 0 Å². The van der Waals surface area contributed by atoms with Crippen molar-refractivity contribution in [3.05, 3.63) is 29.8 Å². The second-order valence-electron chi connectivity index (χ2n) is 6.04. The Kier molecular flexibility index (Phi) is 6.55. The van der Waals surface area contributed by atoms with Crippen molar-refractivity contribution in [3.63, 3.8) is 0 Å².